The average molecular weight is 583 g/mol. The Morgan fingerprint density at radius 1 is 1.00 bits per heavy atom. The summed E-state index contributed by atoms with van der Waals surface area (Å²) in [5.74, 6) is -1.94. The number of anilines is 1. The number of aryl methyl sites for hydroxylation is 3. The van der Waals surface area contributed by atoms with E-state index in [-0.39, 0.29) is 21.3 Å². The van der Waals surface area contributed by atoms with Crippen molar-refractivity contribution in [1.82, 2.24) is 4.98 Å². The van der Waals surface area contributed by atoms with Gasteiger partial charge in [0.05, 0.1) is 24.4 Å². The number of ketones is 1. The number of carbonyl (C=O) groups excluding carboxylic acids is 3. The van der Waals surface area contributed by atoms with Crippen molar-refractivity contribution >= 4 is 39.9 Å². The van der Waals surface area contributed by atoms with E-state index in [0.29, 0.717) is 29.2 Å². The number of aromatic nitrogens is 1. The van der Waals surface area contributed by atoms with Gasteiger partial charge in [-0.25, -0.2) is 9.78 Å². The Hall–Kier alpha value is -4.76. The number of ether oxygens (including phenoxy) is 2. The van der Waals surface area contributed by atoms with E-state index in [1.165, 1.54) is 12.0 Å². The molecule has 5 rings (SSSR count). The second-order valence-electron chi connectivity index (χ2n) is 9.92. The zero-order chi connectivity index (χ0) is 30.0. The SMILES string of the molecule is CCc1ccc([C@@H]2C(=C(O)c3ccc(OCc4ccccc4)c(C)c3)C(=O)C(=O)N2c2nc(C)c(C(=O)OC)s2)cc1. The summed E-state index contributed by atoms with van der Waals surface area (Å²) in [5, 5.41) is 11.7. The summed E-state index contributed by atoms with van der Waals surface area (Å²) in [6, 6.07) is 21.5. The summed E-state index contributed by atoms with van der Waals surface area (Å²) in [4.78, 5) is 45.3. The maximum Gasteiger partial charge on any atom is 0.350 e. The van der Waals surface area contributed by atoms with Gasteiger partial charge in [0.25, 0.3) is 5.78 Å². The highest BCUT2D eigenvalue weighted by Crippen LogP contribution is 2.44. The van der Waals surface area contributed by atoms with E-state index in [1.54, 1.807) is 25.1 Å². The van der Waals surface area contributed by atoms with Crippen molar-refractivity contribution in [3.8, 4) is 5.75 Å². The minimum absolute atomic E-state index is 0.0610. The van der Waals surface area contributed by atoms with Gasteiger partial charge in [-0.3, -0.25) is 14.5 Å². The Bertz CT molecular complexity index is 1690. The van der Waals surface area contributed by atoms with Crippen LogP contribution in [0.1, 0.15) is 56.1 Å². The predicted molar refractivity (Wildman–Crippen MR) is 161 cm³/mol. The van der Waals surface area contributed by atoms with Crippen LogP contribution in [-0.4, -0.2) is 34.9 Å². The molecule has 1 saturated heterocycles. The first kappa shape index (κ1) is 28.8. The van der Waals surface area contributed by atoms with Gasteiger partial charge in [0.1, 0.15) is 23.0 Å². The molecule has 1 aliphatic rings. The molecule has 0 unspecified atom stereocenters. The average Bonchev–Trinajstić information content (AvgIpc) is 3.52. The van der Waals surface area contributed by atoms with Crippen LogP contribution < -0.4 is 9.64 Å². The van der Waals surface area contributed by atoms with Gasteiger partial charge < -0.3 is 14.6 Å². The topological polar surface area (TPSA) is 106 Å². The molecule has 1 atom stereocenters. The van der Waals surface area contributed by atoms with Crippen LogP contribution >= 0.6 is 11.3 Å². The normalized spacial score (nSPS) is 16.1. The fourth-order valence-electron chi connectivity index (χ4n) is 4.90. The molecule has 0 spiro atoms. The molecule has 42 heavy (non-hydrogen) atoms. The maximum absolute atomic E-state index is 13.6. The smallest absolute Gasteiger partial charge is 0.350 e. The number of nitrogens with zero attached hydrogens (tertiary/aromatic N) is 2. The number of aliphatic hydroxyl groups is 1. The molecule has 1 aromatic heterocycles. The van der Waals surface area contributed by atoms with E-state index in [1.807, 2.05) is 68.4 Å². The maximum atomic E-state index is 13.6. The van der Waals surface area contributed by atoms with Crippen LogP contribution in [0.4, 0.5) is 5.13 Å². The van der Waals surface area contributed by atoms with E-state index in [2.05, 4.69) is 4.98 Å². The molecule has 0 aliphatic carbocycles. The van der Waals surface area contributed by atoms with Crippen LogP contribution in [-0.2, 0) is 27.4 Å². The molecule has 8 nitrogen and oxygen atoms in total. The van der Waals surface area contributed by atoms with Crippen molar-refractivity contribution in [3.05, 3.63) is 117 Å². The molecule has 214 valence electrons. The number of benzene rings is 3. The van der Waals surface area contributed by atoms with Gasteiger partial charge in [-0.15, -0.1) is 0 Å². The first-order valence-corrected chi connectivity index (χ1v) is 14.3. The highest BCUT2D eigenvalue weighted by Gasteiger charge is 2.48. The molecule has 0 bridgehead atoms. The lowest BCUT2D eigenvalue weighted by Crippen LogP contribution is -2.29. The first-order chi connectivity index (χ1) is 20.2. The molecule has 3 aromatic carbocycles. The number of carbonyl (C=O) groups is 3. The quantitative estimate of drug-likeness (QED) is 0.112. The minimum Gasteiger partial charge on any atom is -0.507 e. The van der Waals surface area contributed by atoms with E-state index >= 15 is 0 Å². The Balaban J connectivity index is 1.57. The second-order valence-corrected chi connectivity index (χ2v) is 10.9. The third-order valence-corrected chi connectivity index (χ3v) is 8.33. The van der Waals surface area contributed by atoms with Gasteiger partial charge in [-0.1, -0.05) is 72.9 Å². The van der Waals surface area contributed by atoms with Crippen molar-refractivity contribution < 1.29 is 29.0 Å². The Labute approximate surface area is 247 Å². The molecule has 1 amide bonds. The monoisotopic (exact) mass is 582 g/mol. The standard InChI is InChI=1S/C33H30N2O6S/c1-5-21-11-13-23(14-12-21)27-26(29(37)31(38)35(27)33-34-20(3)30(42-33)32(39)40-4)28(36)24-15-16-25(19(2)17-24)41-18-22-9-7-6-8-10-22/h6-17,27,36H,5,18H2,1-4H3/t27-/m1/s1. The van der Waals surface area contributed by atoms with Gasteiger partial charge in [-0.2, -0.15) is 0 Å². The number of aliphatic hydroxyl groups excluding tert-OH is 1. The number of methoxy groups -OCH3 is 1. The van der Waals surface area contributed by atoms with Crippen LogP contribution in [0.15, 0.2) is 78.4 Å². The summed E-state index contributed by atoms with van der Waals surface area (Å²) in [6.45, 7) is 5.90. The Kier molecular flexibility index (Phi) is 8.22. The van der Waals surface area contributed by atoms with Crippen molar-refractivity contribution in [3.63, 3.8) is 0 Å². The van der Waals surface area contributed by atoms with Crippen LogP contribution in [0.3, 0.4) is 0 Å². The molecule has 4 aromatic rings. The summed E-state index contributed by atoms with van der Waals surface area (Å²) in [6.07, 6.45) is 0.812. The molecule has 2 heterocycles. The van der Waals surface area contributed by atoms with Crippen molar-refractivity contribution in [2.75, 3.05) is 12.0 Å². The van der Waals surface area contributed by atoms with Crippen molar-refractivity contribution in [1.29, 1.82) is 0 Å². The van der Waals surface area contributed by atoms with Crippen LogP contribution in [0.5, 0.6) is 5.75 Å². The molecule has 0 saturated carbocycles. The number of hydrogen-bond acceptors (Lipinski definition) is 8. The van der Waals surface area contributed by atoms with Crippen LogP contribution in [0.2, 0.25) is 0 Å². The van der Waals surface area contributed by atoms with E-state index in [0.717, 1.165) is 34.4 Å². The summed E-state index contributed by atoms with van der Waals surface area (Å²) >= 11 is 0.965. The number of Topliss-reactive ketones (excluding diaryl/α,β-unsaturated/α-hetero) is 1. The summed E-state index contributed by atoms with van der Waals surface area (Å²) in [5.41, 5.74) is 4.17. The fourth-order valence-corrected chi connectivity index (χ4v) is 5.91. The fraction of sp³-hybridized carbons (Fsp3) is 0.212. The largest absolute Gasteiger partial charge is 0.507 e. The van der Waals surface area contributed by atoms with Gasteiger partial charge in [0.2, 0.25) is 0 Å². The third-order valence-electron chi connectivity index (χ3n) is 7.20. The number of hydrogen-bond donors (Lipinski definition) is 1. The molecule has 1 fully saturated rings. The Morgan fingerprint density at radius 2 is 1.71 bits per heavy atom. The minimum atomic E-state index is -0.957. The van der Waals surface area contributed by atoms with Crippen molar-refractivity contribution in [2.45, 2.75) is 39.8 Å². The number of esters is 1. The summed E-state index contributed by atoms with van der Waals surface area (Å²) in [7, 11) is 1.27. The molecular formula is C33H30N2O6S. The lowest BCUT2D eigenvalue weighted by molar-refractivity contribution is -0.132. The summed E-state index contributed by atoms with van der Waals surface area (Å²) < 4.78 is 10.8. The predicted octanol–water partition coefficient (Wildman–Crippen LogP) is 6.31. The van der Waals surface area contributed by atoms with Crippen LogP contribution in [0.25, 0.3) is 5.76 Å². The lowest BCUT2D eigenvalue weighted by Gasteiger charge is -2.23. The van der Waals surface area contributed by atoms with Gasteiger partial charge in [-0.05, 0) is 60.7 Å². The number of amides is 1. The molecule has 9 heteroatoms. The second kappa shape index (κ2) is 12.0. The van der Waals surface area contributed by atoms with Gasteiger partial charge in [0, 0.05) is 5.56 Å². The highest BCUT2D eigenvalue weighted by molar-refractivity contribution is 7.17. The van der Waals surface area contributed by atoms with E-state index in [9.17, 15) is 19.5 Å². The Morgan fingerprint density at radius 3 is 2.36 bits per heavy atom. The van der Waals surface area contributed by atoms with Gasteiger partial charge >= 0.3 is 11.9 Å². The number of rotatable bonds is 8. The lowest BCUT2D eigenvalue weighted by atomic mass is 9.94. The van der Waals surface area contributed by atoms with Crippen molar-refractivity contribution in [2.24, 2.45) is 0 Å². The zero-order valence-corrected chi connectivity index (χ0v) is 24.5. The molecular weight excluding hydrogens is 552 g/mol. The number of thiazole rings is 1. The molecule has 1 aliphatic heterocycles. The molecule has 0 radical (unpaired) electrons. The van der Waals surface area contributed by atoms with Crippen LogP contribution in [0, 0.1) is 13.8 Å². The van der Waals surface area contributed by atoms with E-state index in [4.69, 9.17) is 9.47 Å². The third kappa shape index (κ3) is 5.43. The highest BCUT2D eigenvalue weighted by atomic mass is 32.1. The van der Waals surface area contributed by atoms with Gasteiger partial charge in [0.15, 0.2) is 5.13 Å². The molecule has 1 N–H and O–H groups in total. The zero-order valence-electron chi connectivity index (χ0n) is 23.7. The van der Waals surface area contributed by atoms with E-state index < -0.39 is 23.7 Å². The first-order valence-electron chi connectivity index (χ1n) is 13.5.